The molecule has 7 heteroatoms. The highest BCUT2D eigenvalue weighted by Gasteiger charge is 2.09. The lowest BCUT2D eigenvalue weighted by atomic mass is 10.2. The number of nitrogens with zero attached hydrogens (tertiary/aromatic N) is 2. The van der Waals surface area contributed by atoms with Crippen molar-refractivity contribution in [1.82, 2.24) is 9.97 Å². The van der Waals surface area contributed by atoms with E-state index in [9.17, 15) is 4.79 Å². The molecule has 0 aliphatic heterocycles. The Hall–Kier alpha value is -2.15. The summed E-state index contributed by atoms with van der Waals surface area (Å²) in [4.78, 5) is 19.3. The fourth-order valence-electron chi connectivity index (χ4n) is 1.71. The molecule has 6 nitrogen and oxygen atoms in total. The maximum atomic E-state index is 10.9. The zero-order chi connectivity index (χ0) is 15.4. The van der Waals surface area contributed by atoms with Crippen LogP contribution in [-0.4, -0.2) is 27.7 Å². The molecule has 21 heavy (non-hydrogen) atoms. The molecule has 1 aromatic heterocycles. The standard InChI is InChI=1S/C14H14BrN3O3/c1-3-21-13-7-12(16-8(2)17-13)18-11-5-4-9(14(19)20)6-10(11)15/h4-7H,3H2,1-2H3,(H,19,20)(H,16,17,18). The molecule has 2 aromatic rings. The van der Waals surface area contributed by atoms with E-state index in [1.807, 2.05) is 6.92 Å². The van der Waals surface area contributed by atoms with Gasteiger partial charge in [-0.1, -0.05) is 0 Å². The van der Waals surface area contributed by atoms with Crippen LogP contribution in [0.15, 0.2) is 28.7 Å². The number of aryl methyl sites for hydroxylation is 1. The van der Waals surface area contributed by atoms with Gasteiger partial charge in [0.1, 0.15) is 11.6 Å². The number of aromatic nitrogens is 2. The minimum Gasteiger partial charge on any atom is -0.478 e. The molecule has 2 rings (SSSR count). The lowest BCUT2D eigenvalue weighted by Crippen LogP contribution is -2.02. The number of carbonyl (C=O) groups is 1. The summed E-state index contributed by atoms with van der Waals surface area (Å²) in [6.45, 7) is 4.18. The third-order valence-electron chi connectivity index (χ3n) is 2.59. The fraction of sp³-hybridized carbons (Fsp3) is 0.214. The molecule has 0 spiro atoms. The monoisotopic (exact) mass is 351 g/mol. The van der Waals surface area contributed by atoms with Crippen molar-refractivity contribution in [3.05, 3.63) is 40.1 Å². The zero-order valence-electron chi connectivity index (χ0n) is 11.6. The van der Waals surface area contributed by atoms with Gasteiger partial charge in [0.25, 0.3) is 0 Å². The average molecular weight is 352 g/mol. The van der Waals surface area contributed by atoms with E-state index in [4.69, 9.17) is 9.84 Å². The van der Waals surface area contributed by atoms with Crippen molar-refractivity contribution in [3.8, 4) is 5.88 Å². The highest BCUT2D eigenvalue weighted by atomic mass is 79.9. The van der Waals surface area contributed by atoms with E-state index < -0.39 is 5.97 Å². The maximum absolute atomic E-state index is 10.9. The Kier molecular flexibility index (Phi) is 4.74. The van der Waals surface area contributed by atoms with Crippen LogP contribution in [-0.2, 0) is 0 Å². The normalized spacial score (nSPS) is 10.2. The van der Waals surface area contributed by atoms with E-state index in [1.54, 1.807) is 19.1 Å². The van der Waals surface area contributed by atoms with E-state index in [2.05, 4.69) is 31.2 Å². The Labute approximate surface area is 130 Å². The highest BCUT2D eigenvalue weighted by molar-refractivity contribution is 9.10. The van der Waals surface area contributed by atoms with Gasteiger partial charge in [-0.05, 0) is 48.0 Å². The van der Waals surface area contributed by atoms with Crippen LogP contribution >= 0.6 is 15.9 Å². The van der Waals surface area contributed by atoms with Crippen molar-refractivity contribution in [2.45, 2.75) is 13.8 Å². The second-order valence-electron chi connectivity index (χ2n) is 4.20. The minimum atomic E-state index is -0.973. The molecule has 110 valence electrons. The molecule has 0 aliphatic rings. The largest absolute Gasteiger partial charge is 0.478 e. The van der Waals surface area contributed by atoms with Gasteiger partial charge in [-0.15, -0.1) is 0 Å². The van der Waals surface area contributed by atoms with Gasteiger partial charge in [0.15, 0.2) is 0 Å². The first-order valence-electron chi connectivity index (χ1n) is 6.28. The lowest BCUT2D eigenvalue weighted by molar-refractivity contribution is 0.0697. The van der Waals surface area contributed by atoms with Crippen LogP contribution in [0, 0.1) is 6.92 Å². The fourth-order valence-corrected chi connectivity index (χ4v) is 2.19. The predicted octanol–water partition coefficient (Wildman–Crippen LogP) is 3.39. The molecule has 0 aliphatic carbocycles. The molecule has 0 atom stereocenters. The average Bonchev–Trinajstić information content (AvgIpc) is 2.40. The number of hydrogen-bond acceptors (Lipinski definition) is 5. The predicted molar refractivity (Wildman–Crippen MR) is 82.3 cm³/mol. The molecular formula is C14H14BrN3O3. The maximum Gasteiger partial charge on any atom is 0.335 e. The number of ether oxygens (including phenoxy) is 1. The van der Waals surface area contributed by atoms with Crippen molar-refractivity contribution in [2.75, 3.05) is 11.9 Å². The van der Waals surface area contributed by atoms with Crippen molar-refractivity contribution < 1.29 is 14.6 Å². The molecule has 0 bridgehead atoms. The first-order chi connectivity index (χ1) is 9.99. The van der Waals surface area contributed by atoms with Crippen molar-refractivity contribution >= 4 is 33.4 Å². The molecule has 0 fully saturated rings. The van der Waals surface area contributed by atoms with Gasteiger partial charge in [0.2, 0.25) is 5.88 Å². The summed E-state index contributed by atoms with van der Waals surface area (Å²) >= 11 is 3.34. The van der Waals surface area contributed by atoms with E-state index in [1.165, 1.54) is 12.1 Å². The van der Waals surface area contributed by atoms with Crippen LogP contribution in [0.25, 0.3) is 0 Å². The second-order valence-corrected chi connectivity index (χ2v) is 5.05. The topological polar surface area (TPSA) is 84.3 Å². The van der Waals surface area contributed by atoms with Crippen molar-refractivity contribution in [2.24, 2.45) is 0 Å². The van der Waals surface area contributed by atoms with Gasteiger partial charge in [0, 0.05) is 10.5 Å². The van der Waals surface area contributed by atoms with E-state index in [0.717, 1.165) is 0 Å². The first-order valence-corrected chi connectivity index (χ1v) is 7.07. The molecule has 1 aromatic carbocycles. The van der Waals surface area contributed by atoms with Gasteiger partial charge in [-0.2, -0.15) is 4.98 Å². The molecular weight excluding hydrogens is 338 g/mol. The number of halogens is 1. The van der Waals surface area contributed by atoms with E-state index >= 15 is 0 Å². The summed E-state index contributed by atoms with van der Waals surface area (Å²) in [5, 5.41) is 12.1. The number of carboxylic acids is 1. The summed E-state index contributed by atoms with van der Waals surface area (Å²) in [6.07, 6.45) is 0. The summed E-state index contributed by atoms with van der Waals surface area (Å²) in [5.74, 6) is 0.681. The van der Waals surface area contributed by atoms with Crippen molar-refractivity contribution in [1.29, 1.82) is 0 Å². The zero-order valence-corrected chi connectivity index (χ0v) is 13.1. The molecule has 0 radical (unpaired) electrons. The molecule has 2 N–H and O–H groups in total. The molecule has 0 amide bonds. The number of nitrogens with one attached hydrogen (secondary N) is 1. The number of rotatable bonds is 5. The van der Waals surface area contributed by atoms with Crippen LogP contribution in [0.1, 0.15) is 23.1 Å². The van der Waals surface area contributed by atoms with Gasteiger partial charge in [0.05, 0.1) is 17.9 Å². The van der Waals surface area contributed by atoms with Gasteiger partial charge in [-0.25, -0.2) is 9.78 Å². The van der Waals surface area contributed by atoms with Gasteiger partial charge >= 0.3 is 5.97 Å². The van der Waals surface area contributed by atoms with Crippen LogP contribution in [0.5, 0.6) is 5.88 Å². The van der Waals surface area contributed by atoms with E-state index in [-0.39, 0.29) is 5.56 Å². The Morgan fingerprint density at radius 2 is 2.14 bits per heavy atom. The third kappa shape index (κ3) is 3.91. The Morgan fingerprint density at radius 1 is 1.38 bits per heavy atom. The number of aromatic carboxylic acids is 1. The SMILES string of the molecule is CCOc1cc(Nc2ccc(C(=O)O)cc2Br)nc(C)n1. The van der Waals surface area contributed by atoms with Crippen LogP contribution < -0.4 is 10.1 Å². The number of hydrogen-bond donors (Lipinski definition) is 2. The second kappa shape index (κ2) is 6.53. The first kappa shape index (κ1) is 15.2. The number of anilines is 2. The summed E-state index contributed by atoms with van der Waals surface area (Å²) < 4.78 is 6.00. The number of carboxylic acid groups (broad SMARTS) is 1. The Morgan fingerprint density at radius 3 is 2.76 bits per heavy atom. The Balaban J connectivity index is 2.27. The quantitative estimate of drug-likeness (QED) is 0.858. The van der Waals surface area contributed by atoms with Crippen molar-refractivity contribution in [3.63, 3.8) is 0 Å². The Bertz CT molecular complexity index is 677. The van der Waals surface area contributed by atoms with Crippen LogP contribution in [0.2, 0.25) is 0 Å². The summed E-state index contributed by atoms with van der Waals surface area (Å²) in [6, 6.07) is 6.41. The minimum absolute atomic E-state index is 0.210. The summed E-state index contributed by atoms with van der Waals surface area (Å²) in [5.41, 5.74) is 0.918. The molecule has 0 unspecified atom stereocenters. The number of benzene rings is 1. The highest BCUT2D eigenvalue weighted by Crippen LogP contribution is 2.27. The van der Waals surface area contributed by atoms with Gasteiger partial charge in [-0.3, -0.25) is 0 Å². The third-order valence-corrected chi connectivity index (χ3v) is 3.24. The smallest absolute Gasteiger partial charge is 0.335 e. The lowest BCUT2D eigenvalue weighted by Gasteiger charge is -2.10. The van der Waals surface area contributed by atoms with Gasteiger partial charge < -0.3 is 15.2 Å². The summed E-state index contributed by atoms with van der Waals surface area (Å²) in [7, 11) is 0. The van der Waals surface area contributed by atoms with E-state index in [0.29, 0.717) is 34.3 Å². The van der Waals surface area contributed by atoms with Crippen LogP contribution in [0.3, 0.4) is 0 Å². The molecule has 0 saturated carbocycles. The van der Waals surface area contributed by atoms with Crippen LogP contribution in [0.4, 0.5) is 11.5 Å². The molecule has 0 saturated heterocycles. The molecule has 1 heterocycles.